The third-order valence-corrected chi connectivity index (χ3v) is 9.84. The zero-order valence-electron chi connectivity index (χ0n) is 27.1. The second-order valence-electron chi connectivity index (χ2n) is 12.2. The fourth-order valence-electron chi connectivity index (χ4n) is 5.54. The number of nitrogens with zero attached hydrogens (tertiary/aromatic N) is 1. The standard InChI is InChI=1S/C38H52NO5P/c1-2-3-4-11-18-33-25-27-34(28-26-33)19-12-7-5-6-8-17-24-38(40)39-29-37(30-39)44-45(41,42-31-35-20-13-9-14-21-35)43-32-36-22-15-10-16-23-36/h9-10,13-16,20-23,25-28,37H,2-8,11-12,17-19,24,29-32H2,1H3. The SMILES string of the molecule is CCCCCCc1ccc(CCCCCCCCC(=O)N2CC(OP(=O)(OCc3ccccc3)OCc3ccccc3)C2)cc1. The van der Waals surface area contributed by atoms with E-state index in [9.17, 15) is 9.36 Å². The summed E-state index contributed by atoms with van der Waals surface area (Å²) in [7, 11) is -3.83. The average Bonchev–Trinajstić information content (AvgIpc) is 3.05. The second kappa shape index (κ2) is 19.7. The van der Waals surface area contributed by atoms with Gasteiger partial charge in [0.25, 0.3) is 0 Å². The van der Waals surface area contributed by atoms with Crippen LogP contribution in [-0.4, -0.2) is 30.0 Å². The molecule has 1 aliphatic heterocycles. The molecule has 0 radical (unpaired) electrons. The molecule has 0 N–H and O–H groups in total. The fraction of sp³-hybridized carbons (Fsp3) is 0.500. The van der Waals surface area contributed by atoms with Crippen molar-refractivity contribution in [1.82, 2.24) is 4.90 Å². The Kier molecular flexibility index (Phi) is 15.4. The first-order valence-corrected chi connectivity index (χ1v) is 18.5. The molecule has 3 aromatic carbocycles. The number of aryl methyl sites for hydroxylation is 2. The van der Waals surface area contributed by atoms with Crippen molar-refractivity contribution in [3.63, 3.8) is 0 Å². The molecular formula is C38H52NO5P. The lowest BCUT2D eigenvalue weighted by molar-refractivity contribution is -0.141. The minimum Gasteiger partial charge on any atom is -0.337 e. The van der Waals surface area contributed by atoms with Crippen LogP contribution in [0.1, 0.15) is 99.8 Å². The summed E-state index contributed by atoms with van der Waals surface area (Å²) in [5, 5.41) is 0. The number of hydrogen-bond acceptors (Lipinski definition) is 5. The molecule has 0 bridgehead atoms. The van der Waals surface area contributed by atoms with Gasteiger partial charge in [0.05, 0.1) is 13.2 Å². The molecule has 7 heteroatoms. The molecule has 1 saturated heterocycles. The lowest BCUT2D eigenvalue weighted by Crippen LogP contribution is -2.54. The third kappa shape index (κ3) is 13.2. The Labute approximate surface area is 271 Å². The summed E-state index contributed by atoms with van der Waals surface area (Å²) in [4.78, 5) is 14.5. The van der Waals surface area contributed by atoms with Crippen LogP contribution in [0.4, 0.5) is 0 Å². The highest BCUT2D eigenvalue weighted by atomic mass is 31.2. The van der Waals surface area contributed by atoms with Crippen LogP contribution in [0, 0.1) is 0 Å². The van der Waals surface area contributed by atoms with Gasteiger partial charge in [-0.15, -0.1) is 0 Å². The Morgan fingerprint density at radius 3 is 1.62 bits per heavy atom. The number of carbonyl (C=O) groups excluding carboxylic acids is 1. The van der Waals surface area contributed by atoms with E-state index in [4.69, 9.17) is 13.6 Å². The molecule has 0 aromatic heterocycles. The molecule has 4 rings (SSSR count). The van der Waals surface area contributed by atoms with E-state index in [1.807, 2.05) is 60.7 Å². The first-order chi connectivity index (χ1) is 22.0. The summed E-state index contributed by atoms with van der Waals surface area (Å²) in [6, 6.07) is 28.3. The molecule has 1 amide bonds. The van der Waals surface area contributed by atoms with E-state index < -0.39 is 7.82 Å². The van der Waals surface area contributed by atoms with Gasteiger partial charge in [0.15, 0.2) is 0 Å². The number of phosphoric acid groups is 1. The molecule has 0 unspecified atom stereocenters. The zero-order chi connectivity index (χ0) is 31.6. The molecule has 0 aliphatic carbocycles. The molecule has 3 aromatic rings. The topological polar surface area (TPSA) is 65.1 Å². The highest BCUT2D eigenvalue weighted by Gasteiger charge is 2.39. The molecule has 1 heterocycles. The Balaban J connectivity index is 1.06. The molecule has 6 nitrogen and oxygen atoms in total. The summed E-state index contributed by atoms with van der Waals surface area (Å²) in [5.74, 6) is 0.133. The molecule has 0 atom stereocenters. The number of carbonyl (C=O) groups is 1. The van der Waals surface area contributed by atoms with Gasteiger partial charge in [-0.05, 0) is 54.4 Å². The number of hydrogen-bond donors (Lipinski definition) is 0. The maximum atomic E-state index is 13.5. The first kappa shape index (κ1) is 35.1. The largest absolute Gasteiger partial charge is 0.475 e. The minimum atomic E-state index is -3.83. The molecule has 45 heavy (non-hydrogen) atoms. The Hall–Kier alpha value is -2.76. The van der Waals surface area contributed by atoms with E-state index in [0.29, 0.717) is 19.5 Å². The second-order valence-corrected chi connectivity index (χ2v) is 13.9. The van der Waals surface area contributed by atoms with Gasteiger partial charge in [-0.25, -0.2) is 4.57 Å². The molecule has 244 valence electrons. The lowest BCUT2D eigenvalue weighted by atomic mass is 10.0. The predicted molar refractivity (Wildman–Crippen MR) is 182 cm³/mol. The number of benzene rings is 3. The van der Waals surface area contributed by atoms with E-state index >= 15 is 0 Å². The average molecular weight is 634 g/mol. The van der Waals surface area contributed by atoms with Gasteiger partial charge in [-0.2, -0.15) is 0 Å². The molecule has 1 aliphatic rings. The number of phosphoric ester groups is 1. The third-order valence-electron chi connectivity index (χ3n) is 8.39. The molecule has 0 spiro atoms. The van der Waals surface area contributed by atoms with Gasteiger partial charge in [-0.1, -0.05) is 137 Å². The number of amides is 1. The number of likely N-dealkylation sites (tertiary alicyclic amines) is 1. The van der Waals surface area contributed by atoms with Gasteiger partial charge in [0, 0.05) is 19.5 Å². The normalized spacial score (nSPS) is 13.6. The molecule has 0 saturated carbocycles. The highest BCUT2D eigenvalue weighted by Crippen LogP contribution is 2.53. The van der Waals surface area contributed by atoms with Crippen LogP contribution in [-0.2, 0) is 49.0 Å². The van der Waals surface area contributed by atoms with Crippen LogP contribution in [0.15, 0.2) is 84.9 Å². The van der Waals surface area contributed by atoms with Crippen LogP contribution < -0.4 is 0 Å². The van der Waals surface area contributed by atoms with E-state index in [2.05, 4.69) is 31.2 Å². The summed E-state index contributed by atoms with van der Waals surface area (Å²) >= 11 is 0. The lowest BCUT2D eigenvalue weighted by Gasteiger charge is -2.39. The van der Waals surface area contributed by atoms with Crippen molar-refractivity contribution in [2.24, 2.45) is 0 Å². The van der Waals surface area contributed by atoms with E-state index in [0.717, 1.165) is 36.8 Å². The first-order valence-electron chi connectivity index (χ1n) is 17.0. The van der Waals surface area contributed by atoms with Gasteiger partial charge in [-0.3, -0.25) is 18.4 Å². The predicted octanol–water partition coefficient (Wildman–Crippen LogP) is 9.85. The summed E-state index contributed by atoms with van der Waals surface area (Å²) in [6.07, 6.45) is 14.6. The maximum absolute atomic E-state index is 13.5. The van der Waals surface area contributed by atoms with E-state index in [1.165, 1.54) is 62.5 Å². The summed E-state index contributed by atoms with van der Waals surface area (Å²) in [6.45, 7) is 3.31. The fourth-order valence-corrected chi connectivity index (χ4v) is 6.85. The van der Waals surface area contributed by atoms with Crippen molar-refractivity contribution < 1.29 is 22.9 Å². The van der Waals surface area contributed by atoms with Crippen molar-refractivity contribution in [2.45, 2.75) is 110 Å². The highest BCUT2D eigenvalue weighted by molar-refractivity contribution is 7.48. The monoisotopic (exact) mass is 633 g/mol. The van der Waals surface area contributed by atoms with Crippen LogP contribution >= 0.6 is 7.82 Å². The minimum absolute atomic E-state index is 0.120. The van der Waals surface area contributed by atoms with Crippen molar-refractivity contribution in [3.05, 3.63) is 107 Å². The van der Waals surface area contributed by atoms with Gasteiger partial charge in [0.1, 0.15) is 6.10 Å². The van der Waals surface area contributed by atoms with Crippen molar-refractivity contribution in [2.75, 3.05) is 13.1 Å². The van der Waals surface area contributed by atoms with Crippen LogP contribution in [0.2, 0.25) is 0 Å². The Morgan fingerprint density at radius 1 is 0.644 bits per heavy atom. The number of rotatable bonds is 22. The van der Waals surface area contributed by atoms with Gasteiger partial charge < -0.3 is 4.90 Å². The van der Waals surface area contributed by atoms with Crippen molar-refractivity contribution >= 4 is 13.7 Å². The smallest absolute Gasteiger partial charge is 0.337 e. The van der Waals surface area contributed by atoms with Crippen molar-refractivity contribution in [3.8, 4) is 0 Å². The van der Waals surface area contributed by atoms with E-state index in [-0.39, 0.29) is 25.2 Å². The van der Waals surface area contributed by atoms with Crippen molar-refractivity contribution in [1.29, 1.82) is 0 Å². The van der Waals surface area contributed by atoms with Crippen LogP contribution in [0.25, 0.3) is 0 Å². The van der Waals surface area contributed by atoms with E-state index in [1.54, 1.807) is 4.90 Å². The summed E-state index contributed by atoms with van der Waals surface area (Å²) in [5.41, 5.74) is 4.67. The Morgan fingerprint density at radius 2 is 1.11 bits per heavy atom. The van der Waals surface area contributed by atoms with Crippen LogP contribution in [0.5, 0.6) is 0 Å². The van der Waals surface area contributed by atoms with Crippen LogP contribution in [0.3, 0.4) is 0 Å². The molecule has 1 fully saturated rings. The summed E-state index contributed by atoms with van der Waals surface area (Å²) < 4.78 is 30.8. The Bertz CT molecular complexity index is 1230. The number of unbranched alkanes of at least 4 members (excludes halogenated alkanes) is 8. The zero-order valence-corrected chi connectivity index (χ0v) is 28.0. The van der Waals surface area contributed by atoms with Gasteiger partial charge >= 0.3 is 7.82 Å². The van der Waals surface area contributed by atoms with Gasteiger partial charge in [0.2, 0.25) is 5.91 Å². The quantitative estimate of drug-likeness (QED) is 0.0814. The molecular weight excluding hydrogens is 581 g/mol. The maximum Gasteiger partial charge on any atom is 0.475 e.